The molecule has 1 aliphatic heterocycles. The first-order chi connectivity index (χ1) is 7.98. The zero-order valence-electron chi connectivity index (χ0n) is 9.04. The highest BCUT2D eigenvalue weighted by Gasteiger charge is 2.42. The van der Waals surface area contributed by atoms with E-state index in [-0.39, 0.29) is 13.1 Å². The Labute approximate surface area is 96.6 Å². The highest BCUT2D eigenvalue weighted by atomic mass is 19.4. The van der Waals surface area contributed by atoms with Crippen LogP contribution in [0, 0.1) is 0 Å². The summed E-state index contributed by atoms with van der Waals surface area (Å²) in [6.45, 7) is 0.657. The average Bonchev–Trinajstić information content (AvgIpc) is 2.29. The Hall–Kier alpha value is -1.50. The maximum atomic E-state index is 12.6. The van der Waals surface area contributed by atoms with Crippen LogP contribution in [0.3, 0.4) is 0 Å². The number of rotatable bonds is 1. The number of pyridine rings is 1. The van der Waals surface area contributed by atoms with Crippen molar-refractivity contribution in [2.24, 2.45) is 0 Å². The van der Waals surface area contributed by atoms with Crippen molar-refractivity contribution in [2.75, 3.05) is 30.3 Å². The second-order valence-electron chi connectivity index (χ2n) is 3.93. The molecule has 0 amide bonds. The zero-order chi connectivity index (χ0) is 12.5. The van der Waals surface area contributed by atoms with E-state index < -0.39 is 12.2 Å². The smallest absolute Gasteiger partial charge is 0.396 e. The van der Waals surface area contributed by atoms with Crippen LogP contribution < -0.4 is 16.0 Å². The highest BCUT2D eigenvalue weighted by molar-refractivity contribution is 5.66. The SMILES string of the molecule is Nc1cnccc1N1CCNC(C(F)(F)F)C1. The van der Waals surface area contributed by atoms with E-state index in [0.29, 0.717) is 17.9 Å². The van der Waals surface area contributed by atoms with Crippen LogP contribution in [-0.2, 0) is 0 Å². The number of anilines is 2. The molecule has 0 aliphatic carbocycles. The standard InChI is InChI=1S/C10H13F3N4/c11-10(12,13)9-6-17(4-3-16-9)8-1-2-15-5-7(8)14/h1-2,5,9,16H,3-4,6,14H2. The van der Waals surface area contributed by atoms with E-state index in [2.05, 4.69) is 10.3 Å². The third kappa shape index (κ3) is 2.60. The quantitative estimate of drug-likeness (QED) is 0.776. The summed E-state index contributed by atoms with van der Waals surface area (Å²) in [4.78, 5) is 5.45. The predicted molar refractivity (Wildman–Crippen MR) is 58.7 cm³/mol. The Morgan fingerprint density at radius 2 is 2.24 bits per heavy atom. The van der Waals surface area contributed by atoms with Crippen LogP contribution >= 0.6 is 0 Å². The van der Waals surface area contributed by atoms with Gasteiger partial charge in [-0.05, 0) is 6.07 Å². The fraction of sp³-hybridized carbons (Fsp3) is 0.500. The van der Waals surface area contributed by atoms with Crippen LogP contribution in [-0.4, -0.2) is 36.8 Å². The molecule has 1 aliphatic rings. The molecule has 1 atom stereocenters. The van der Waals surface area contributed by atoms with E-state index in [4.69, 9.17) is 5.73 Å². The minimum Gasteiger partial charge on any atom is -0.396 e. The largest absolute Gasteiger partial charge is 0.405 e. The molecule has 1 saturated heterocycles. The Morgan fingerprint density at radius 1 is 1.47 bits per heavy atom. The number of nitrogens with zero attached hydrogens (tertiary/aromatic N) is 2. The Kier molecular flexibility index (Phi) is 3.10. The van der Waals surface area contributed by atoms with Gasteiger partial charge in [-0.25, -0.2) is 0 Å². The summed E-state index contributed by atoms with van der Waals surface area (Å²) in [6, 6.07) is 0.123. The lowest BCUT2D eigenvalue weighted by molar-refractivity contribution is -0.155. The van der Waals surface area contributed by atoms with Crippen LogP contribution in [0.1, 0.15) is 0 Å². The molecule has 0 aromatic carbocycles. The van der Waals surface area contributed by atoms with Gasteiger partial charge in [0, 0.05) is 25.8 Å². The third-order valence-electron chi connectivity index (χ3n) is 2.74. The predicted octanol–water partition coefficient (Wildman–Crippen LogP) is 1.00. The molecule has 3 N–H and O–H groups in total. The molecule has 17 heavy (non-hydrogen) atoms. The van der Waals surface area contributed by atoms with Crippen molar-refractivity contribution in [3.8, 4) is 0 Å². The summed E-state index contributed by atoms with van der Waals surface area (Å²) >= 11 is 0. The summed E-state index contributed by atoms with van der Waals surface area (Å²) in [5.41, 5.74) is 6.71. The monoisotopic (exact) mass is 246 g/mol. The van der Waals surface area contributed by atoms with Crippen LogP contribution in [0.4, 0.5) is 24.5 Å². The number of nitrogens with two attached hydrogens (primary N) is 1. The topological polar surface area (TPSA) is 54.2 Å². The van der Waals surface area contributed by atoms with Gasteiger partial charge in [0.1, 0.15) is 6.04 Å². The summed E-state index contributed by atoms with van der Waals surface area (Å²) < 4.78 is 37.8. The van der Waals surface area contributed by atoms with Crippen LogP contribution in [0.25, 0.3) is 0 Å². The zero-order valence-corrected chi connectivity index (χ0v) is 9.04. The van der Waals surface area contributed by atoms with E-state index in [1.54, 1.807) is 11.0 Å². The molecule has 2 rings (SSSR count). The minimum absolute atomic E-state index is 0.127. The van der Waals surface area contributed by atoms with Crippen molar-refractivity contribution < 1.29 is 13.2 Å². The van der Waals surface area contributed by atoms with Gasteiger partial charge in [0.25, 0.3) is 0 Å². The van der Waals surface area contributed by atoms with Crippen molar-refractivity contribution in [1.82, 2.24) is 10.3 Å². The lowest BCUT2D eigenvalue weighted by Crippen LogP contribution is -2.57. The van der Waals surface area contributed by atoms with Gasteiger partial charge in [0.05, 0.1) is 17.6 Å². The molecule has 4 nitrogen and oxygen atoms in total. The van der Waals surface area contributed by atoms with Gasteiger partial charge in [0.2, 0.25) is 0 Å². The highest BCUT2D eigenvalue weighted by Crippen LogP contribution is 2.27. The molecule has 0 bridgehead atoms. The van der Waals surface area contributed by atoms with Gasteiger partial charge in [-0.1, -0.05) is 0 Å². The molecule has 2 heterocycles. The van der Waals surface area contributed by atoms with Crippen molar-refractivity contribution in [1.29, 1.82) is 0 Å². The van der Waals surface area contributed by atoms with Gasteiger partial charge >= 0.3 is 6.18 Å². The first-order valence-electron chi connectivity index (χ1n) is 5.23. The summed E-state index contributed by atoms with van der Waals surface area (Å²) in [5, 5.41) is 2.46. The number of piperazine rings is 1. The minimum atomic E-state index is -4.24. The number of hydrogen-bond donors (Lipinski definition) is 2. The molecule has 1 unspecified atom stereocenters. The molecular weight excluding hydrogens is 233 g/mol. The molecule has 1 aromatic rings. The fourth-order valence-corrected chi connectivity index (χ4v) is 1.88. The summed E-state index contributed by atoms with van der Waals surface area (Å²) in [5.74, 6) is 0. The number of aromatic nitrogens is 1. The number of nitrogens with one attached hydrogen (secondary N) is 1. The Balaban J connectivity index is 2.15. The fourth-order valence-electron chi connectivity index (χ4n) is 1.88. The van der Waals surface area contributed by atoms with Crippen molar-refractivity contribution in [2.45, 2.75) is 12.2 Å². The molecule has 1 aromatic heterocycles. The summed E-state index contributed by atoms with van der Waals surface area (Å²) in [6.07, 6.45) is -1.27. The van der Waals surface area contributed by atoms with Gasteiger partial charge < -0.3 is 16.0 Å². The van der Waals surface area contributed by atoms with E-state index in [1.165, 1.54) is 12.4 Å². The van der Waals surface area contributed by atoms with Gasteiger partial charge in [0.15, 0.2) is 0 Å². The molecule has 94 valence electrons. The maximum absolute atomic E-state index is 12.6. The second-order valence-corrected chi connectivity index (χ2v) is 3.93. The number of nitrogen functional groups attached to an aromatic ring is 1. The van der Waals surface area contributed by atoms with Crippen molar-refractivity contribution in [3.63, 3.8) is 0 Å². The van der Waals surface area contributed by atoms with Gasteiger partial charge in [-0.15, -0.1) is 0 Å². The van der Waals surface area contributed by atoms with E-state index in [9.17, 15) is 13.2 Å². The molecule has 0 radical (unpaired) electrons. The Morgan fingerprint density at radius 3 is 2.88 bits per heavy atom. The van der Waals surface area contributed by atoms with Gasteiger partial charge in [-0.3, -0.25) is 4.98 Å². The second kappa shape index (κ2) is 4.40. The average molecular weight is 246 g/mol. The van der Waals surface area contributed by atoms with Crippen molar-refractivity contribution >= 4 is 11.4 Å². The van der Waals surface area contributed by atoms with Crippen LogP contribution in [0.15, 0.2) is 18.5 Å². The molecule has 0 saturated carbocycles. The summed E-state index contributed by atoms with van der Waals surface area (Å²) in [7, 11) is 0. The first-order valence-corrected chi connectivity index (χ1v) is 5.23. The lowest BCUT2D eigenvalue weighted by atomic mass is 10.2. The molecule has 0 spiro atoms. The third-order valence-corrected chi connectivity index (χ3v) is 2.74. The molecular formula is C10H13F3N4. The number of hydrogen-bond acceptors (Lipinski definition) is 4. The van der Waals surface area contributed by atoms with E-state index in [0.717, 1.165) is 0 Å². The molecule has 7 heteroatoms. The lowest BCUT2D eigenvalue weighted by Gasteiger charge is -2.36. The van der Waals surface area contributed by atoms with E-state index >= 15 is 0 Å². The maximum Gasteiger partial charge on any atom is 0.405 e. The van der Waals surface area contributed by atoms with E-state index in [1.807, 2.05) is 0 Å². The van der Waals surface area contributed by atoms with Gasteiger partial charge in [-0.2, -0.15) is 13.2 Å². The van der Waals surface area contributed by atoms with Crippen LogP contribution in [0.5, 0.6) is 0 Å². The normalized spacial score (nSPS) is 21.6. The number of alkyl halides is 3. The van der Waals surface area contributed by atoms with Crippen molar-refractivity contribution in [3.05, 3.63) is 18.5 Å². The Bertz CT molecular complexity index is 393. The number of halogens is 3. The first kappa shape index (κ1) is 12.0. The van der Waals surface area contributed by atoms with Crippen LogP contribution in [0.2, 0.25) is 0 Å². The molecule has 1 fully saturated rings.